The van der Waals surface area contributed by atoms with Crippen LogP contribution in [0.5, 0.6) is 0 Å². The highest BCUT2D eigenvalue weighted by Gasteiger charge is 2.10. The number of hydrogen-bond acceptors (Lipinski definition) is 0. The molecule has 2 aromatic carbocycles. The van der Waals surface area contributed by atoms with Crippen LogP contribution in [-0.4, -0.2) is 5.33 Å². The summed E-state index contributed by atoms with van der Waals surface area (Å²) in [7, 11) is 0. The topological polar surface area (TPSA) is 0 Å². The fraction of sp³-hybridized carbons (Fsp3) is 0.333. The van der Waals surface area contributed by atoms with Crippen LogP contribution in [-0.2, 0) is 12.8 Å². The molecule has 0 amide bonds. The number of benzene rings is 2. The predicted octanol–water partition coefficient (Wildman–Crippen LogP) is 5.75. The number of aryl methyl sites for hydroxylation is 2. The number of rotatable bonds is 5. The second-order valence-corrected chi connectivity index (χ2v) is 6.56. The van der Waals surface area contributed by atoms with Gasteiger partial charge in [0.15, 0.2) is 0 Å². The summed E-state index contributed by atoms with van der Waals surface area (Å²) < 4.78 is 0. The first-order chi connectivity index (χ1) is 9.58. The SMILES string of the molecule is Cc1ccc(CC(CBr)Cc2ccc(Cl)cc2)cc1C. The van der Waals surface area contributed by atoms with Crippen LogP contribution in [0.15, 0.2) is 42.5 Å². The average Bonchev–Trinajstić information content (AvgIpc) is 2.44. The molecule has 0 aliphatic rings. The van der Waals surface area contributed by atoms with Crippen molar-refractivity contribution in [2.24, 2.45) is 5.92 Å². The fourth-order valence-electron chi connectivity index (χ4n) is 2.40. The normalized spacial score (nSPS) is 12.4. The Kier molecular flexibility index (Phi) is 5.68. The van der Waals surface area contributed by atoms with Crippen molar-refractivity contribution in [3.8, 4) is 0 Å². The van der Waals surface area contributed by atoms with E-state index in [1.807, 2.05) is 12.1 Å². The third kappa shape index (κ3) is 4.36. The molecule has 2 heteroatoms. The molecule has 20 heavy (non-hydrogen) atoms. The monoisotopic (exact) mass is 350 g/mol. The molecule has 0 spiro atoms. The van der Waals surface area contributed by atoms with Crippen molar-refractivity contribution in [3.05, 3.63) is 69.7 Å². The van der Waals surface area contributed by atoms with E-state index in [1.54, 1.807) is 0 Å². The van der Waals surface area contributed by atoms with Crippen LogP contribution in [0.1, 0.15) is 22.3 Å². The van der Waals surface area contributed by atoms with E-state index in [9.17, 15) is 0 Å². The summed E-state index contributed by atoms with van der Waals surface area (Å²) >= 11 is 9.59. The van der Waals surface area contributed by atoms with Gasteiger partial charge in [0.1, 0.15) is 0 Å². The van der Waals surface area contributed by atoms with E-state index in [4.69, 9.17) is 11.6 Å². The first-order valence-electron chi connectivity index (χ1n) is 6.95. The van der Waals surface area contributed by atoms with Gasteiger partial charge < -0.3 is 0 Å². The van der Waals surface area contributed by atoms with Gasteiger partial charge in [0.2, 0.25) is 0 Å². The second kappa shape index (κ2) is 7.28. The fourth-order valence-corrected chi connectivity index (χ4v) is 2.98. The molecule has 0 N–H and O–H groups in total. The van der Waals surface area contributed by atoms with E-state index in [1.165, 1.54) is 22.3 Å². The Morgan fingerprint density at radius 2 is 1.50 bits per heavy atom. The highest BCUT2D eigenvalue weighted by molar-refractivity contribution is 9.09. The van der Waals surface area contributed by atoms with Crippen LogP contribution < -0.4 is 0 Å². The Morgan fingerprint density at radius 3 is 2.10 bits per heavy atom. The molecule has 0 radical (unpaired) electrons. The van der Waals surface area contributed by atoms with Gasteiger partial charge in [-0.2, -0.15) is 0 Å². The number of alkyl halides is 1. The van der Waals surface area contributed by atoms with Gasteiger partial charge in [-0.1, -0.05) is 57.9 Å². The number of hydrogen-bond donors (Lipinski definition) is 0. The lowest BCUT2D eigenvalue weighted by atomic mass is 9.93. The molecule has 1 unspecified atom stereocenters. The quantitative estimate of drug-likeness (QED) is 0.601. The van der Waals surface area contributed by atoms with Gasteiger partial charge in [-0.3, -0.25) is 0 Å². The van der Waals surface area contributed by atoms with E-state index in [0.29, 0.717) is 5.92 Å². The summed E-state index contributed by atoms with van der Waals surface area (Å²) in [6.45, 7) is 4.34. The highest BCUT2D eigenvalue weighted by Crippen LogP contribution is 2.20. The smallest absolute Gasteiger partial charge is 0.0406 e. The van der Waals surface area contributed by atoms with Gasteiger partial charge in [-0.15, -0.1) is 0 Å². The summed E-state index contributed by atoms with van der Waals surface area (Å²) in [5.74, 6) is 0.610. The van der Waals surface area contributed by atoms with E-state index < -0.39 is 0 Å². The molecule has 0 heterocycles. The molecule has 1 atom stereocenters. The van der Waals surface area contributed by atoms with Gasteiger partial charge in [0.05, 0.1) is 0 Å². The maximum absolute atomic E-state index is 5.93. The number of halogens is 2. The average molecular weight is 352 g/mol. The van der Waals surface area contributed by atoms with Gasteiger partial charge in [0.25, 0.3) is 0 Å². The molecular formula is C18H20BrCl. The first-order valence-corrected chi connectivity index (χ1v) is 8.45. The van der Waals surface area contributed by atoms with Crippen LogP contribution in [0.2, 0.25) is 5.02 Å². The third-order valence-electron chi connectivity index (χ3n) is 3.75. The van der Waals surface area contributed by atoms with Gasteiger partial charge >= 0.3 is 0 Å². The summed E-state index contributed by atoms with van der Waals surface area (Å²) in [5, 5.41) is 1.82. The minimum atomic E-state index is 0.610. The highest BCUT2D eigenvalue weighted by atomic mass is 79.9. The second-order valence-electron chi connectivity index (χ2n) is 5.47. The maximum Gasteiger partial charge on any atom is 0.0406 e. The molecule has 106 valence electrons. The maximum atomic E-state index is 5.93. The molecule has 0 aliphatic carbocycles. The molecule has 2 aromatic rings. The van der Waals surface area contributed by atoms with Crippen LogP contribution >= 0.6 is 27.5 Å². The lowest BCUT2D eigenvalue weighted by molar-refractivity contribution is 0.591. The van der Waals surface area contributed by atoms with Crippen molar-refractivity contribution < 1.29 is 0 Å². The lowest BCUT2D eigenvalue weighted by Crippen LogP contribution is -2.10. The molecule has 0 bridgehead atoms. The van der Waals surface area contributed by atoms with Crippen LogP contribution in [0, 0.1) is 19.8 Å². The van der Waals surface area contributed by atoms with E-state index >= 15 is 0 Å². The summed E-state index contributed by atoms with van der Waals surface area (Å²) in [4.78, 5) is 0. The van der Waals surface area contributed by atoms with Gasteiger partial charge in [0, 0.05) is 10.4 Å². The molecule has 0 nitrogen and oxygen atoms in total. The Labute approximate surface area is 135 Å². The minimum Gasteiger partial charge on any atom is -0.0925 e. The Bertz CT molecular complexity index is 560. The zero-order valence-corrected chi connectivity index (χ0v) is 14.3. The Hall–Kier alpha value is -0.790. The lowest BCUT2D eigenvalue weighted by Gasteiger charge is -2.15. The van der Waals surface area contributed by atoms with Gasteiger partial charge in [-0.25, -0.2) is 0 Å². The third-order valence-corrected chi connectivity index (χ3v) is 4.92. The van der Waals surface area contributed by atoms with E-state index in [0.717, 1.165) is 23.2 Å². The van der Waals surface area contributed by atoms with Crippen molar-refractivity contribution >= 4 is 27.5 Å². The summed E-state index contributed by atoms with van der Waals surface area (Å²) in [6.07, 6.45) is 2.18. The van der Waals surface area contributed by atoms with Crippen LogP contribution in [0.3, 0.4) is 0 Å². The first kappa shape index (κ1) is 15.6. The van der Waals surface area contributed by atoms with Crippen molar-refractivity contribution in [1.82, 2.24) is 0 Å². The predicted molar refractivity (Wildman–Crippen MR) is 92.1 cm³/mol. The van der Waals surface area contributed by atoms with Crippen molar-refractivity contribution in [1.29, 1.82) is 0 Å². The molecule has 2 rings (SSSR count). The Balaban J connectivity index is 2.04. The van der Waals surface area contributed by atoms with E-state index in [-0.39, 0.29) is 0 Å². The molecule has 0 fully saturated rings. The molecule has 0 saturated carbocycles. The van der Waals surface area contributed by atoms with Crippen molar-refractivity contribution in [2.75, 3.05) is 5.33 Å². The largest absolute Gasteiger partial charge is 0.0925 e. The van der Waals surface area contributed by atoms with E-state index in [2.05, 4.69) is 60.1 Å². The Morgan fingerprint density at radius 1 is 0.900 bits per heavy atom. The molecule has 0 saturated heterocycles. The summed E-state index contributed by atoms with van der Waals surface area (Å²) in [6, 6.07) is 15.0. The molecule has 0 aromatic heterocycles. The zero-order chi connectivity index (χ0) is 14.5. The van der Waals surface area contributed by atoms with Gasteiger partial charge in [-0.05, 0) is 67.0 Å². The molecule has 0 aliphatic heterocycles. The van der Waals surface area contributed by atoms with Crippen LogP contribution in [0.4, 0.5) is 0 Å². The minimum absolute atomic E-state index is 0.610. The van der Waals surface area contributed by atoms with Crippen molar-refractivity contribution in [2.45, 2.75) is 26.7 Å². The van der Waals surface area contributed by atoms with Crippen molar-refractivity contribution in [3.63, 3.8) is 0 Å². The standard InChI is InChI=1S/C18H20BrCl/c1-13-3-4-16(9-14(13)2)11-17(12-19)10-15-5-7-18(20)8-6-15/h3-9,17H,10-12H2,1-2H3. The summed E-state index contributed by atoms with van der Waals surface area (Å²) in [5.41, 5.74) is 5.51. The zero-order valence-electron chi connectivity index (χ0n) is 12.0. The van der Waals surface area contributed by atoms with Crippen LogP contribution in [0.25, 0.3) is 0 Å². The molecular weight excluding hydrogens is 332 g/mol.